The number of nitrogens with two attached hydrogens (primary N) is 1. The van der Waals surface area contributed by atoms with E-state index in [1.54, 1.807) is 0 Å². The van der Waals surface area contributed by atoms with Gasteiger partial charge in [-0.1, -0.05) is 12.1 Å². The topological polar surface area (TPSA) is 48.4 Å². The van der Waals surface area contributed by atoms with Gasteiger partial charge in [-0.15, -0.1) is 0 Å². The minimum atomic E-state index is -0.131. The third-order valence-corrected chi connectivity index (χ3v) is 3.49. The van der Waals surface area contributed by atoms with Crippen LogP contribution in [-0.2, 0) is 6.42 Å². The molecule has 94 valence electrons. The third-order valence-electron chi connectivity index (χ3n) is 3.49. The molecular formula is C15H17NO2. The Morgan fingerprint density at radius 2 is 2.06 bits per heavy atom. The first-order valence-corrected chi connectivity index (χ1v) is 6.23. The van der Waals surface area contributed by atoms with Crippen LogP contribution in [0.5, 0.6) is 5.75 Å². The fourth-order valence-corrected chi connectivity index (χ4v) is 2.54. The Labute approximate surface area is 107 Å². The van der Waals surface area contributed by atoms with Gasteiger partial charge in [0.2, 0.25) is 0 Å². The molecule has 1 aromatic heterocycles. The number of aryl methyl sites for hydroxylation is 2. The summed E-state index contributed by atoms with van der Waals surface area (Å²) in [5.41, 5.74) is 9.75. The van der Waals surface area contributed by atoms with Crippen LogP contribution in [0.15, 0.2) is 28.7 Å². The van der Waals surface area contributed by atoms with E-state index in [4.69, 9.17) is 14.9 Å². The molecule has 0 bridgehead atoms. The van der Waals surface area contributed by atoms with Gasteiger partial charge in [0.1, 0.15) is 17.3 Å². The number of ether oxygens (including phenoxy) is 1. The zero-order valence-corrected chi connectivity index (χ0v) is 10.7. The summed E-state index contributed by atoms with van der Waals surface area (Å²) in [6, 6.07) is 8.09. The summed E-state index contributed by atoms with van der Waals surface area (Å²) in [5, 5.41) is 0. The Balaban J connectivity index is 1.97. The second-order valence-corrected chi connectivity index (χ2v) is 4.81. The van der Waals surface area contributed by atoms with Crippen LogP contribution in [0.1, 0.15) is 34.3 Å². The Morgan fingerprint density at radius 1 is 1.22 bits per heavy atom. The molecular weight excluding hydrogens is 226 g/mol. The van der Waals surface area contributed by atoms with Gasteiger partial charge in [-0.2, -0.15) is 0 Å². The summed E-state index contributed by atoms with van der Waals surface area (Å²) >= 11 is 0. The zero-order valence-electron chi connectivity index (χ0n) is 10.7. The Kier molecular flexibility index (Phi) is 2.63. The lowest BCUT2D eigenvalue weighted by atomic mass is 9.97. The SMILES string of the molecule is Cc1cc(C(N)c2ccc3c(c2)CCO3)c(C)o1. The predicted molar refractivity (Wildman–Crippen MR) is 69.9 cm³/mol. The lowest BCUT2D eigenvalue weighted by Gasteiger charge is -2.12. The van der Waals surface area contributed by atoms with Crippen LogP contribution in [0.3, 0.4) is 0 Å². The summed E-state index contributed by atoms with van der Waals surface area (Å²) in [4.78, 5) is 0. The summed E-state index contributed by atoms with van der Waals surface area (Å²) in [6.07, 6.45) is 0.972. The number of hydrogen-bond donors (Lipinski definition) is 1. The molecule has 2 N–H and O–H groups in total. The lowest BCUT2D eigenvalue weighted by molar-refractivity contribution is 0.357. The fraction of sp³-hybridized carbons (Fsp3) is 0.333. The zero-order chi connectivity index (χ0) is 12.7. The van der Waals surface area contributed by atoms with Crippen molar-refractivity contribution in [2.24, 2.45) is 5.73 Å². The molecule has 0 spiro atoms. The largest absolute Gasteiger partial charge is 0.493 e. The molecule has 18 heavy (non-hydrogen) atoms. The number of rotatable bonds is 2. The Morgan fingerprint density at radius 3 is 2.78 bits per heavy atom. The molecule has 0 saturated heterocycles. The molecule has 3 nitrogen and oxygen atoms in total. The Bertz CT molecular complexity index is 586. The molecule has 3 heteroatoms. The molecule has 0 aliphatic carbocycles. The maximum absolute atomic E-state index is 6.32. The highest BCUT2D eigenvalue weighted by atomic mass is 16.5. The van der Waals surface area contributed by atoms with Crippen molar-refractivity contribution < 1.29 is 9.15 Å². The van der Waals surface area contributed by atoms with Gasteiger partial charge in [0.05, 0.1) is 12.6 Å². The minimum absolute atomic E-state index is 0.131. The maximum atomic E-state index is 6.32. The van der Waals surface area contributed by atoms with Gasteiger partial charge in [-0.05, 0) is 37.1 Å². The van der Waals surface area contributed by atoms with E-state index >= 15 is 0 Å². The van der Waals surface area contributed by atoms with Crippen molar-refractivity contribution in [3.8, 4) is 5.75 Å². The third kappa shape index (κ3) is 1.81. The lowest BCUT2D eigenvalue weighted by Crippen LogP contribution is -2.12. The van der Waals surface area contributed by atoms with E-state index in [2.05, 4.69) is 6.07 Å². The fourth-order valence-electron chi connectivity index (χ4n) is 2.54. The van der Waals surface area contributed by atoms with Crippen LogP contribution < -0.4 is 10.5 Å². The molecule has 2 heterocycles. The van der Waals surface area contributed by atoms with Crippen molar-refractivity contribution in [3.05, 3.63) is 52.5 Å². The number of furan rings is 1. The summed E-state index contributed by atoms with van der Waals surface area (Å²) in [5.74, 6) is 2.80. The monoisotopic (exact) mass is 243 g/mol. The van der Waals surface area contributed by atoms with Crippen molar-refractivity contribution in [3.63, 3.8) is 0 Å². The summed E-state index contributed by atoms with van der Waals surface area (Å²) < 4.78 is 11.1. The molecule has 0 saturated carbocycles. The standard InChI is InChI=1S/C15H17NO2/c1-9-7-13(10(2)18-9)15(16)12-3-4-14-11(8-12)5-6-17-14/h3-4,7-8,15H,5-6,16H2,1-2H3. The molecule has 0 amide bonds. The Hall–Kier alpha value is -1.74. The number of hydrogen-bond acceptors (Lipinski definition) is 3. The van der Waals surface area contributed by atoms with Gasteiger partial charge >= 0.3 is 0 Å². The van der Waals surface area contributed by atoms with Crippen LogP contribution in [-0.4, -0.2) is 6.61 Å². The maximum Gasteiger partial charge on any atom is 0.122 e. The molecule has 3 rings (SSSR count). The van der Waals surface area contributed by atoms with Crippen molar-refractivity contribution >= 4 is 0 Å². The van der Waals surface area contributed by atoms with Gasteiger partial charge in [0.25, 0.3) is 0 Å². The molecule has 1 aliphatic heterocycles. The highest BCUT2D eigenvalue weighted by Crippen LogP contribution is 2.31. The summed E-state index contributed by atoms with van der Waals surface area (Å²) in [6.45, 7) is 4.68. The average Bonchev–Trinajstić information content (AvgIpc) is 2.93. The van der Waals surface area contributed by atoms with Crippen molar-refractivity contribution in [2.45, 2.75) is 26.3 Å². The first kappa shape index (κ1) is 11.4. The van der Waals surface area contributed by atoms with E-state index < -0.39 is 0 Å². The van der Waals surface area contributed by atoms with E-state index in [9.17, 15) is 0 Å². The van der Waals surface area contributed by atoms with Gasteiger partial charge in [-0.3, -0.25) is 0 Å². The van der Waals surface area contributed by atoms with Gasteiger partial charge in [0, 0.05) is 12.0 Å². The quantitative estimate of drug-likeness (QED) is 0.882. The summed E-state index contributed by atoms with van der Waals surface area (Å²) in [7, 11) is 0. The molecule has 1 aromatic carbocycles. The second-order valence-electron chi connectivity index (χ2n) is 4.81. The minimum Gasteiger partial charge on any atom is -0.493 e. The van der Waals surface area contributed by atoms with E-state index in [0.717, 1.165) is 41.4 Å². The highest BCUT2D eigenvalue weighted by Gasteiger charge is 2.18. The van der Waals surface area contributed by atoms with Crippen LogP contribution in [0.25, 0.3) is 0 Å². The van der Waals surface area contributed by atoms with E-state index in [1.165, 1.54) is 5.56 Å². The highest BCUT2D eigenvalue weighted by molar-refractivity contribution is 5.43. The van der Waals surface area contributed by atoms with Crippen LogP contribution in [0, 0.1) is 13.8 Å². The average molecular weight is 243 g/mol. The predicted octanol–water partition coefficient (Wildman–Crippen LogP) is 2.88. The molecule has 1 aliphatic rings. The molecule has 1 unspecified atom stereocenters. The van der Waals surface area contributed by atoms with Crippen LogP contribution >= 0.6 is 0 Å². The smallest absolute Gasteiger partial charge is 0.122 e. The van der Waals surface area contributed by atoms with E-state index in [1.807, 2.05) is 32.0 Å². The number of fused-ring (bicyclic) bond motifs is 1. The molecule has 2 aromatic rings. The van der Waals surface area contributed by atoms with Gasteiger partial charge in [-0.25, -0.2) is 0 Å². The molecule has 0 fully saturated rings. The van der Waals surface area contributed by atoms with Crippen LogP contribution in [0.2, 0.25) is 0 Å². The second kappa shape index (κ2) is 4.18. The molecule has 1 atom stereocenters. The van der Waals surface area contributed by atoms with E-state index in [-0.39, 0.29) is 6.04 Å². The molecule has 0 radical (unpaired) electrons. The van der Waals surface area contributed by atoms with Gasteiger partial charge < -0.3 is 14.9 Å². The first-order valence-electron chi connectivity index (χ1n) is 6.23. The normalized spacial score (nSPS) is 15.3. The first-order chi connectivity index (χ1) is 8.65. The number of benzene rings is 1. The van der Waals surface area contributed by atoms with Crippen molar-refractivity contribution in [1.29, 1.82) is 0 Å². The van der Waals surface area contributed by atoms with Gasteiger partial charge in [0.15, 0.2) is 0 Å². The van der Waals surface area contributed by atoms with Crippen LogP contribution in [0.4, 0.5) is 0 Å². The van der Waals surface area contributed by atoms with Crippen molar-refractivity contribution in [2.75, 3.05) is 6.61 Å². The van der Waals surface area contributed by atoms with E-state index in [0.29, 0.717) is 0 Å². The van der Waals surface area contributed by atoms with Crippen molar-refractivity contribution in [1.82, 2.24) is 0 Å².